The van der Waals surface area contributed by atoms with Gasteiger partial charge in [-0.15, -0.1) is 0 Å². The molecule has 18 heavy (non-hydrogen) atoms. The Labute approximate surface area is 110 Å². The van der Waals surface area contributed by atoms with Gasteiger partial charge in [0.25, 0.3) is 0 Å². The fourth-order valence-corrected chi connectivity index (χ4v) is 2.91. The Morgan fingerprint density at radius 3 is 2.44 bits per heavy atom. The van der Waals surface area contributed by atoms with Gasteiger partial charge in [-0.25, -0.2) is 8.42 Å². The van der Waals surface area contributed by atoms with Crippen molar-refractivity contribution >= 4 is 9.84 Å². The SMILES string of the molecule is Cc1cccc(C(CO)CCS(=O)(=O)C(C)C)c1. The molecule has 0 radical (unpaired) electrons. The van der Waals surface area contributed by atoms with Crippen LogP contribution in [0.1, 0.15) is 37.3 Å². The number of aliphatic hydroxyl groups is 1. The van der Waals surface area contributed by atoms with Crippen molar-refractivity contribution < 1.29 is 13.5 Å². The summed E-state index contributed by atoms with van der Waals surface area (Å²) in [4.78, 5) is 0. The molecule has 0 aliphatic carbocycles. The van der Waals surface area contributed by atoms with Gasteiger partial charge in [-0.1, -0.05) is 29.8 Å². The lowest BCUT2D eigenvalue weighted by Gasteiger charge is -2.16. The van der Waals surface area contributed by atoms with Gasteiger partial charge in [0.05, 0.1) is 11.0 Å². The number of aryl methyl sites for hydroxylation is 1. The molecular weight excluding hydrogens is 248 g/mol. The first-order valence-electron chi connectivity index (χ1n) is 6.26. The summed E-state index contributed by atoms with van der Waals surface area (Å²) in [5, 5.41) is 9.06. The fraction of sp³-hybridized carbons (Fsp3) is 0.571. The van der Waals surface area contributed by atoms with E-state index < -0.39 is 9.84 Å². The molecule has 0 aromatic heterocycles. The van der Waals surface area contributed by atoms with Crippen LogP contribution in [-0.4, -0.2) is 31.1 Å². The maximum absolute atomic E-state index is 11.8. The molecular formula is C14H22O3S. The molecule has 0 bridgehead atoms. The first kappa shape index (κ1) is 15.2. The molecule has 1 aromatic rings. The van der Waals surface area contributed by atoms with E-state index in [4.69, 9.17) is 0 Å². The molecule has 0 saturated heterocycles. The lowest BCUT2D eigenvalue weighted by molar-refractivity contribution is 0.262. The molecule has 102 valence electrons. The number of hydrogen-bond donors (Lipinski definition) is 1. The van der Waals surface area contributed by atoms with Crippen LogP contribution in [0, 0.1) is 6.92 Å². The van der Waals surface area contributed by atoms with Gasteiger partial charge in [0.15, 0.2) is 9.84 Å². The minimum Gasteiger partial charge on any atom is -0.396 e. The van der Waals surface area contributed by atoms with Gasteiger partial charge < -0.3 is 5.11 Å². The zero-order chi connectivity index (χ0) is 13.8. The van der Waals surface area contributed by atoms with Crippen molar-refractivity contribution in [2.75, 3.05) is 12.4 Å². The Balaban J connectivity index is 2.75. The van der Waals surface area contributed by atoms with Crippen molar-refractivity contribution in [3.05, 3.63) is 35.4 Å². The minimum atomic E-state index is -3.03. The number of rotatable bonds is 6. The maximum Gasteiger partial charge on any atom is 0.152 e. The van der Waals surface area contributed by atoms with Crippen molar-refractivity contribution in [3.63, 3.8) is 0 Å². The summed E-state index contributed by atoms with van der Waals surface area (Å²) in [6, 6.07) is 7.87. The second kappa shape index (κ2) is 6.34. The fourth-order valence-electron chi connectivity index (χ4n) is 1.83. The zero-order valence-electron chi connectivity index (χ0n) is 11.3. The Hall–Kier alpha value is -0.870. The quantitative estimate of drug-likeness (QED) is 0.863. The van der Waals surface area contributed by atoms with E-state index in [1.165, 1.54) is 0 Å². The van der Waals surface area contributed by atoms with E-state index in [1.807, 2.05) is 31.2 Å². The van der Waals surface area contributed by atoms with E-state index >= 15 is 0 Å². The van der Waals surface area contributed by atoms with Gasteiger partial charge in [0.2, 0.25) is 0 Å². The van der Waals surface area contributed by atoms with Crippen LogP contribution in [0.4, 0.5) is 0 Å². The molecule has 1 unspecified atom stereocenters. The summed E-state index contributed by atoms with van der Waals surface area (Å²) in [5.41, 5.74) is 2.13. The molecule has 0 amide bonds. The number of sulfone groups is 1. The third kappa shape index (κ3) is 4.10. The second-order valence-electron chi connectivity index (χ2n) is 5.00. The third-order valence-corrected chi connectivity index (χ3v) is 5.44. The van der Waals surface area contributed by atoms with E-state index in [-0.39, 0.29) is 23.5 Å². The van der Waals surface area contributed by atoms with Gasteiger partial charge in [0.1, 0.15) is 0 Å². The molecule has 0 aliphatic heterocycles. The molecule has 1 aromatic carbocycles. The van der Waals surface area contributed by atoms with Gasteiger partial charge in [0, 0.05) is 12.5 Å². The average Bonchev–Trinajstić information content (AvgIpc) is 2.29. The van der Waals surface area contributed by atoms with Gasteiger partial charge in [-0.3, -0.25) is 0 Å². The standard InChI is InChI=1S/C14H22O3S/c1-11(2)18(16,17)8-7-14(10-15)13-6-4-5-12(3)9-13/h4-6,9,11,14-15H,7-8,10H2,1-3H3. The van der Waals surface area contributed by atoms with Crippen LogP contribution >= 0.6 is 0 Å². The van der Waals surface area contributed by atoms with Crippen LogP contribution < -0.4 is 0 Å². The van der Waals surface area contributed by atoms with Crippen molar-refractivity contribution in [2.24, 2.45) is 0 Å². The topological polar surface area (TPSA) is 54.4 Å². The molecule has 0 spiro atoms. The van der Waals surface area contributed by atoms with Crippen molar-refractivity contribution in [1.82, 2.24) is 0 Å². The van der Waals surface area contributed by atoms with Gasteiger partial charge in [-0.05, 0) is 32.8 Å². The van der Waals surface area contributed by atoms with Crippen LogP contribution in [0.25, 0.3) is 0 Å². The maximum atomic E-state index is 11.8. The van der Waals surface area contributed by atoms with Crippen molar-refractivity contribution in [2.45, 2.75) is 38.4 Å². The summed E-state index contributed by atoms with van der Waals surface area (Å²) in [6.45, 7) is 5.35. The predicted octanol–water partition coefficient (Wildman–Crippen LogP) is 2.28. The highest BCUT2D eigenvalue weighted by atomic mass is 32.2. The molecule has 1 rings (SSSR count). The van der Waals surface area contributed by atoms with Crippen LogP contribution in [-0.2, 0) is 9.84 Å². The monoisotopic (exact) mass is 270 g/mol. The first-order valence-corrected chi connectivity index (χ1v) is 7.97. The number of aliphatic hydroxyl groups excluding tert-OH is 1. The molecule has 4 heteroatoms. The van der Waals surface area contributed by atoms with E-state index in [9.17, 15) is 13.5 Å². The zero-order valence-corrected chi connectivity index (χ0v) is 12.1. The molecule has 1 N–H and O–H groups in total. The highest BCUT2D eigenvalue weighted by Crippen LogP contribution is 2.21. The minimum absolute atomic E-state index is 0.0168. The number of hydrogen-bond acceptors (Lipinski definition) is 3. The highest BCUT2D eigenvalue weighted by Gasteiger charge is 2.19. The summed E-state index contributed by atoms with van der Waals surface area (Å²) >= 11 is 0. The van der Waals surface area contributed by atoms with Gasteiger partial charge >= 0.3 is 0 Å². The number of benzene rings is 1. The molecule has 0 fully saturated rings. The second-order valence-corrected chi connectivity index (χ2v) is 7.67. The Bertz CT molecular complexity index is 478. The molecule has 1 atom stereocenters. The summed E-state index contributed by atoms with van der Waals surface area (Å²) < 4.78 is 23.5. The van der Waals surface area contributed by atoms with E-state index in [2.05, 4.69) is 0 Å². The van der Waals surface area contributed by atoms with Crippen LogP contribution in [0.2, 0.25) is 0 Å². The smallest absolute Gasteiger partial charge is 0.152 e. The van der Waals surface area contributed by atoms with E-state index in [1.54, 1.807) is 13.8 Å². The average molecular weight is 270 g/mol. The van der Waals surface area contributed by atoms with E-state index in [0.29, 0.717) is 6.42 Å². The summed E-state index contributed by atoms with van der Waals surface area (Å²) in [5.74, 6) is 0.0301. The normalized spacial score (nSPS) is 13.8. The molecule has 0 saturated carbocycles. The lowest BCUT2D eigenvalue weighted by atomic mass is 9.96. The summed E-state index contributed by atoms with van der Waals surface area (Å²) in [6.07, 6.45) is 0.473. The van der Waals surface area contributed by atoms with Crippen LogP contribution in [0.15, 0.2) is 24.3 Å². The van der Waals surface area contributed by atoms with Crippen LogP contribution in [0.5, 0.6) is 0 Å². The predicted molar refractivity (Wildman–Crippen MR) is 74.5 cm³/mol. The third-order valence-electron chi connectivity index (χ3n) is 3.20. The summed E-state index contributed by atoms with van der Waals surface area (Å²) in [7, 11) is -3.03. The largest absolute Gasteiger partial charge is 0.396 e. The van der Waals surface area contributed by atoms with Gasteiger partial charge in [-0.2, -0.15) is 0 Å². The molecule has 0 heterocycles. The van der Waals surface area contributed by atoms with Crippen LogP contribution in [0.3, 0.4) is 0 Å². The highest BCUT2D eigenvalue weighted by molar-refractivity contribution is 7.91. The van der Waals surface area contributed by atoms with Crippen molar-refractivity contribution in [3.8, 4) is 0 Å². The Kier molecular flexibility index (Phi) is 5.35. The van der Waals surface area contributed by atoms with E-state index in [0.717, 1.165) is 11.1 Å². The first-order chi connectivity index (χ1) is 8.36. The molecule has 3 nitrogen and oxygen atoms in total. The van der Waals surface area contributed by atoms with Crippen molar-refractivity contribution in [1.29, 1.82) is 0 Å². The Morgan fingerprint density at radius 1 is 1.28 bits per heavy atom. The molecule has 0 aliphatic rings. The lowest BCUT2D eigenvalue weighted by Crippen LogP contribution is -2.20. The Morgan fingerprint density at radius 2 is 1.94 bits per heavy atom.